The number of hydrogen-bond acceptors (Lipinski definition) is 5. The molecule has 1 aliphatic heterocycles. The van der Waals surface area contributed by atoms with Crippen molar-refractivity contribution in [2.75, 3.05) is 19.0 Å². The Balaban J connectivity index is 1.82. The minimum absolute atomic E-state index is 0.142. The van der Waals surface area contributed by atoms with E-state index in [0.717, 1.165) is 11.3 Å². The Morgan fingerprint density at radius 3 is 2.82 bits per heavy atom. The van der Waals surface area contributed by atoms with Crippen LogP contribution in [0.4, 0.5) is 9.93 Å². The topological polar surface area (TPSA) is 72.5 Å². The SMILES string of the molecule is COCc1cnc(NC(=O)NCC2CC(C)(C)OC2(C)C)s1. The lowest BCUT2D eigenvalue weighted by Crippen LogP contribution is -2.39. The molecule has 2 heterocycles. The van der Waals surface area contributed by atoms with E-state index in [9.17, 15) is 4.79 Å². The van der Waals surface area contributed by atoms with Crippen molar-refractivity contribution >= 4 is 22.5 Å². The quantitative estimate of drug-likeness (QED) is 0.872. The third kappa shape index (κ3) is 4.41. The standard InChI is InChI=1S/C15H25N3O3S/c1-14(2)6-10(15(3,4)21-14)7-16-12(19)18-13-17-8-11(22-13)9-20-5/h8,10H,6-7,9H2,1-5H3,(H2,16,17,18,19). The average Bonchev–Trinajstić information content (AvgIpc) is 2.88. The van der Waals surface area contributed by atoms with E-state index < -0.39 is 0 Å². The molecule has 2 amide bonds. The summed E-state index contributed by atoms with van der Waals surface area (Å²) in [4.78, 5) is 17.1. The second-order valence-electron chi connectivity index (χ2n) is 6.77. The van der Waals surface area contributed by atoms with Crippen LogP contribution >= 0.6 is 11.3 Å². The molecule has 0 bridgehead atoms. The van der Waals surface area contributed by atoms with Crippen molar-refractivity contribution in [3.8, 4) is 0 Å². The van der Waals surface area contributed by atoms with Gasteiger partial charge in [-0.05, 0) is 34.1 Å². The van der Waals surface area contributed by atoms with Crippen LogP contribution in [-0.4, -0.2) is 35.9 Å². The molecule has 0 aromatic carbocycles. The van der Waals surface area contributed by atoms with Gasteiger partial charge in [-0.2, -0.15) is 0 Å². The molecular weight excluding hydrogens is 302 g/mol. The first kappa shape index (κ1) is 17.2. The number of urea groups is 1. The fourth-order valence-electron chi connectivity index (χ4n) is 2.93. The normalized spacial score (nSPS) is 22.5. The van der Waals surface area contributed by atoms with Gasteiger partial charge in [0.25, 0.3) is 0 Å². The molecule has 2 N–H and O–H groups in total. The minimum atomic E-state index is -0.237. The van der Waals surface area contributed by atoms with Gasteiger partial charge in [0, 0.05) is 25.8 Å². The van der Waals surface area contributed by atoms with E-state index in [4.69, 9.17) is 9.47 Å². The highest BCUT2D eigenvalue weighted by Gasteiger charge is 2.45. The van der Waals surface area contributed by atoms with E-state index in [1.807, 2.05) is 0 Å². The third-order valence-corrected chi connectivity index (χ3v) is 4.72. The Morgan fingerprint density at radius 2 is 2.23 bits per heavy atom. The number of amides is 2. The molecule has 6 nitrogen and oxygen atoms in total. The fourth-order valence-corrected chi connectivity index (χ4v) is 3.71. The van der Waals surface area contributed by atoms with Gasteiger partial charge in [0.2, 0.25) is 0 Å². The first-order valence-corrected chi connectivity index (χ1v) is 8.22. The first-order valence-electron chi connectivity index (χ1n) is 7.40. The predicted molar refractivity (Wildman–Crippen MR) is 87.2 cm³/mol. The Hall–Kier alpha value is -1.18. The molecule has 1 saturated heterocycles. The van der Waals surface area contributed by atoms with Crippen LogP contribution < -0.4 is 10.6 Å². The number of nitrogens with one attached hydrogen (secondary N) is 2. The van der Waals surface area contributed by atoms with Crippen molar-refractivity contribution in [1.29, 1.82) is 0 Å². The maximum absolute atomic E-state index is 12.0. The van der Waals surface area contributed by atoms with Gasteiger partial charge in [0.1, 0.15) is 0 Å². The van der Waals surface area contributed by atoms with Gasteiger partial charge in [-0.15, -0.1) is 0 Å². The van der Waals surface area contributed by atoms with Crippen LogP contribution in [-0.2, 0) is 16.1 Å². The molecule has 1 unspecified atom stereocenters. The van der Waals surface area contributed by atoms with E-state index in [0.29, 0.717) is 18.3 Å². The van der Waals surface area contributed by atoms with Gasteiger partial charge in [-0.25, -0.2) is 9.78 Å². The van der Waals surface area contributed by atoms with Crippen molar-refractivity contribution in [2.24, 2.45) is 5.92 Å². The lowest BCUT2D eigenvalue weighted by Gasteiger charge is -2.27. The highest BCUT2D eigenvalue weighted by molar-refractivity contribution is 7.15. The Labute approximate surface area is 135 Å². The minimum Gasteiger partial charge on any atom is -0.379 e. The summed E-state index contributed by atoms with van der Waals surface area (Å²) in [6.45, 7) is 9.40. The molecule has 1 atom stereocenters. The molecule has 22 heavy (non-hydrogen) atoms. The Kier molecular flexibility index (Phi) is 5.09. The van der Waals surface area contributed by atoms with Gasteiger partial charge in [-0.3, -0.25) is 5.32 Å². The van der Waals surface area contributed by atoms with E-state index in [1.165, 1.54) is 11.3 Å². The Bertz CT molecular complexity index is 528. The van der Waals surface area contributed by atoms with Gasteiger partial charge < -0.3 is 14.8 Å². The van der Waals surface area contributed by atoms with Crippen molar-refractivity contribution in [1.82, 2.24) is 10.3 Å². The van der Waals surface area contributed by atoms with Gasteiger partial charge in [0.05, 0.1) is 22.7 Å². The number of carbonyl (C=O) groups is 1. The highest BCUT2D eigenvalue weighted by atomic mass is 32.1. The van der Waals surface area contributed by atoms with E-state index in [1.54, 1.807) is 13.3 Å². The molecule has 0 spiro atoms. The molecule has 0 saturated carbocycles. The van der Waals surface area contributed by atoms with Gasteiger partial charge >= 0.3 is 6.03 Å². The fraction of sp³-hybridized carbons (Fsp3) is 0.733. The molecule has 1 aromatic heterocycles. The predicted octanol–water partition coefficient (Wildman–Crippen LogP) is 3.00. The van der Waals surface area contributed by atoms with Crippen molar-refractivity contribution < 1.29 is 14.3 Å². The zero-order valence-electron chi connectivity index (χ0n) is 13.9. The number of hydrogen-bond donors (Lipinski definition) is 2. The highest BCUT2D eigenvalue weighted by Crippen LogP contribution is 2.41. The second-order valence-corrected chi connectivity index (χ2v) is 7.88. The lowest BCUT2D eigenvalue weighted by atomic mass is 9.87. The van der Waals surface area contributed by atoms with Crippen molar-refractivity contribution in [3.05, 3.63) is 11.1 Å². The average molecular weight is 327 g/mol. The number of rotatable bonds is 5. The van der Waals surface area contributed by atoms with Crippen LogP contribution in [0.25, 0.3) is 0 Å². The summed E-state index contributed by atoms with van der Waals surface area (Å²) in [6.07, 6.45) is 2.63. The Morgan fingerprint density at radius 1 is 1.50 bits per heavy atom. The molecule has 1 aromatic rings. The first-order chi connectivity index (χ1) is 10.2. The molecular formula is C15H25N3O3S. The number of carbonyl (C=O) groups excluding carboxylic acids is 1. The molecule has 124 valence electrons. The summed E-state index contributed by atoms with van der Waals surface area (Å²) in [5, 5.41) is 6.24. The number of aromatic nitrogens is 1. The molecule has 1 aliphatic rings. The van der Waals surface area contributed by atoms with Crippen molar-refractivity contribution in [3.63, 3.8) is 0 Å². The number of thiazole rings is 1. The molecule has 7 heteroatoms. The zero-order chi connectivity index (χ0) is 16.4. The largest absolute Gasteiger partial charge is 0.379 e. The molecule has 0 radical (unpaired) electrons. The van der Waals surface area contributed by atoms with Crippen molar-refractivity contribution in [2.45, 2.75) is 51.9 Å². The smallest absolute Gasteiger partial charge is 0.321 e. The monoisotopic (exact) mass is 327 g/mol. The van der Waals surface area contributed by atoms with Crippen LogP contribution in [0.15, 0.2) is 6.20 Å². The summed E-state index contributed by atoms with van der Waals surface area (Å²) in [6, 6.07) is -0.237. The number of ether oxygens (including phenoxy) is 2. The summed E-state index contributed by atoms with van der Waals surface area (Å²) in [7, 11) is 1.63. The number of methoxy groups -OCH3 is 1. The van der Waals surface area contributed by atoms with Gasteiger partial charge in [-0.1, -0.05) is 11.3 Å². The maximum atomic E-state index is 12.0. The zero-order valence-corrected chi connectivity index (χ0v) is 14.7. The van der Waals surface area contributed by atoms with Crippen LogP contribution in [0.2, 0.25) is 0 Å². The summed E-state index contributed by atoms with van der Waals surface area (Å²) < 4.78 is 11.1. The van der Waals surface area contributed by atoms with E-state index >= 15 is 0 Å². The van der Waals surface area contributed by atoms with Crippen LogP contribution in [0.3, 0.4) is 0 Å². The molecule has 1 fully saturated rings. The molecule has 0 aliphatic carbocycles. The number of nitrogens with zero attached hydrogens (tertiary/aromatic N) is 1. The van der Waals surface area contributed by atoms with Gasteiger partial charge in [0.15, 0.2) is 5.13 Å². The lowest BCUT2D eigenvalue weighted by molar-refractivity contribution is -0.0740. The summed E-state index contributed by atoms with van der Waals surface area (Å²) in [5.74, 6) is 0.286. The number of anilines is 1. The van der Waals surface area contributed by atoms with Crippen LogP contribution in [0.5, 0.6) is 0 Å². The third-order valence-electron chi connectivity index (χ3n) is 3.83. The second kappa shape index (κ2) is 6.52. The summed E-state index contributed by atoms with van der Waals surface area (Å²) >= 11 is 1.41. The van der Waals surface area contributed by atoms with Crippen LogP contribution in [0.1, 0.15) is 39.0 Å². The van der Waals surface area contributed by atoms with E-state index in [2.05, 4.69) is 43.3 Å². The molecule has 2 rings (SSSR count). The maximum Gasteiger partial charge on any atom is 0.321 e. The van der Waals surface area contributed by atoms with E-state index in [-0.39, 0.29) is 23.2 Å². The van der Waals surface area contributed by atoms with Crippen LogP contribution in [0, 0.1) is 5.92 Å². The summed E-state index contributed by atoms with van der Waals surface area (Å²) in [5.41, 5.74) is -0.375.